The van der Waals surface area contributed by atoms with Gasteiger partial charge in [0.2, 0.25) is 0 Å². The number of rotatable bonds is 5. The van der Waals surface area contributed by atoms with Gasteiger partial charge in [-0.15, -0.1) is 11.6 Å². The Hall–Kier alpha value is -1.22. The maximum absolute atomic E-state index is 5.97. The first-order chi connectivity index (χ1) is 9.94. The normalized spacial score (nSPS) is 20.2. The summed E-state index contributed by atoms with van der Waals surface area (Å²) < 4.78 is 8.30. The van der Waals surface area contributed by atoms with Crippen molar-refractivity contribution < 1.29 is 4.74 Å². The molecule has 0 bridgehead atoms. The van der Waals surface area contributed by atoms with Crippen LogP contribution in [-0.4, -0.2) is 21.5 Å². The monoisotopic (exact) mass is 306 g/mol. The van der Waals surface area contributed by atoms with Crippen molar-refractivity contribution in [2.24, 2.45) is 5.41 Å². The highest BCUT2D eigenvalue weighted by atomic mass is 35.5. The van der Waals surface area contributed by atoms with Gasteiger partial charge in [-0.05, 0) is 37.8 Å². The minimum absolute atomic E-state index is 0.148. The third-order valence-electron chi connectivity index (χ3n) is 4.21. The van der Waals surface area contributed by atoms with E-state index in [2.05, 4.69) is 30.5 Å². The summed E-state index contributed by atoms with van der Waals surface area (Å²) in [6.45, 7) is 8.70. The number of nitrogens with zero attached hydrogens (tertiary/aromatic N) is 2. The molecule has 0 radical (unpaired) electrons. The van der Waals surface area contributed by atoms with E-state index in [0.717, 1.165) is 23.5 Å². The minimum atomic E-state index is 0.148. The van der Waals surface area contributed by atoms with Gasteiger partial charge in [0.05, 0.1) is 11.6 Å². The molecule has 4 heteroatoms. The first-order valence-corrected chi connectivity index (χ1v) is 8.20. The number of benzene rings is 1. The lowest BCUT2D eigenvalue weighted by Gasteiger charge is -2.12. The standard InChI is InChI=1S/C17H23ClN2O/c1-11(2)21-13-7-5-6-12-16(13)19-15(8-9-18)20(12)14-10-17(14,3)4/h5-7,11,14H,8-10H2,1-4H3. The van der Waals surface area contributed by atoms with Crippen molar-refractivity contribution in [3.8, 4) is 5.75 Å². The average molecular weight is 307 g/mol. The van der Waals surface area contributed by atoms with E-state index < -0.39 is 0 Å². The molecule has 1 aliphatic carbocycles. The van der Waals surface area contributed by atoms with Crippen LogP contribution in [0.25, 0.3) is 11.0 Å². The zero-order valence-corrected chi connectivity index (χ0v) is 13.9. The number of aromatic nitrogens is 2. The molecular formula is C17H23ClN2O. The smallest absolute Gasteiger partial charge is 0.147 e. The molecule has 21 heavy (non-hydrogen) atoms. The van der Waals surface area contributed by atoms with E-state index in [1.54, 1.807) is 0 Å². The van der Waals surface area contributed by atoms with Gasteiger partial charge in [-0.25, -0.2) is 4.98 Å². The molecule has 3 nitrogen and oxygen atoms in total. The molecule has 1 atom stereocenters. The Kier molecular flexibility index (Phi) is 3.64. The number of hydrogen-bond donors (Lipinski definition) is 0. The Morgan fingerprint density at radius 1 is 1.43 bits per heavy atom. The quantitative estimate of drug-likeness (QED) is 0.756. The number of para-hydroxylation sites is 1. The third-order valence-corrected chi connectivity index (χ3v) is 4.40. The van der Waals surface area contributed by atoms with Crippen LogP contribution in [0.5, 0.6) is 5.75 Å². The summed E-state index contributed by atoms with van der Waals surface area (Å²) >= 11 is 5.97. The van der Waals surface area contributed by atoms with Gasteiger partial charge in [0.1, 0.15) is 17.1 Å². The summed E-state index contributed by atoms with van der Waals surface area (Å²) in [5.74, 6) is 2.54. The lowest BCUT2D eigenvalue weighted by atomic mass is 10.2. The predicted molar refractivity (Wildman–Crippen MR) is 87.4 cm³/mol. The van der Waals surface area contributed by atoms with Crippen molar-refractivity contribution in [3.63, 3.8) is 0 Å². The summed E-state index contributed by atoms with van der Waals surface area (Å²) in [4.78, 5) is 4.84. The molecule has 0 amide bonds. The number of imidazole rings is 1. The van der Waals surface area contributed by atoms with Crippen molar-refractivity contribution in [1.82, 2.24) is 9.55 Å². The van der Waals surface area contributed by atoms with Crippen LogP contribution in [-0.2, 0) is 6.42 Å². The second-order valence-corrected chi connectivity index (χ2v) is 7.21. The fourth-order valence-electron chi connectivity index (χ4n) is 2.98. The number of fused-ring (bicyclic) bond motifs is 1. The molecule has 1 unspecified atom stereocenters. The number of hydrogen-bond acceptors (Lipinski definition) is 2. The van der Waals surface area contributed by atoms with Crippen molar-refractivity contribution in [3.05, 3.63) is 24.0 Å². The van der Waals surface area contributed by atoms with E-state index in [9.17, 15) is 0 Å². The first-order valence-electron chi connectivity index (χ1n) is 7.66. The predicted octanol–water partition coefficient (Wildman–Crippen LogP) is 4.58. The second kappa shape index (κ2) is 5.20. The zero-order valence-electron chi connectivity index (χ0n) is 13.2. The van der Waals surface area contributed by atoms with E-state index in [-0.39, 0.29) is 6.10 Å². The van der Waals surface area contributed by atoms with Crippen molar-refractivity contribution in [1.29, 1.82) is 0 Å². The van der Waals surface area contributed by atoms with Crippen LogP contribution in [0, 0.1) is 5.41 Å². The van der Waals surface area contributed by atoms with Gasteiger partial charge in [-0.2, -0.15) is 0 Å². The van der Waals surface area contributed by atoms with Crippen LogP contribution in [0.4, 0.5) is 0 Å². The fourth-order valence-corrected chi connectivity index (χ4v) is 3.15. The lowest BCUT2D eigenvalue weighted by Crippen LogP contribution is -2.06. The number of aryl methyl sites for hydroxylation is 1. The van der Waals surface area contributed by atoms with Crippen molar-refractivity contribution in [2.45, 2.75) is 52.7 Å². The van der Waals surface area contributed by atoms with Gasteiger partial charge >= 0.3 is 0 Å². The van der Waals surface area contributed by atoms with Gasteiger partial charge in [0.25, 0.3) is 0 Å². The van der Waals surface area contributed by atoms with Crippen LogP contribution in [0.1, 0.15) is 46.0 Å². The summed E-state index contributed by atoms with van der Waals surface area (Å²) in [6, 6.07) is 6.72. The Morgan fingerprint density at radius 3 is 2.71 bits per heavy atom. The second-order valence-electron chi connectivity index (χ2n) is 6.84. The van der Waals surface area contributed by atoms with Gasteiger partial charge in [-0.3, -0.25) is 0 Å². The molecule has 1 fully saturated rings. The van der Waals surface area contributed by atoms with Crippen LogP contribution in [0.15, 0.2) is 18.2 Å². The van der Waals surface area contributed by atoms with Gasteiger partial charge in [0, 0.05) is 18.3 Å². The largest absolute Gasteiger partial charge is 0.489 e. The molecular weight excluding hydrogens is 284 g/mol. The fraction of sp³-hybridized carbons (Fsp3) is 0.588. The highest BCUT2D eigenvalue weighted by Gasteiger charge is 2.48. The molecule has 0 N–H and O–H groups in total. The minimum Gasteiger partial charge on any atom is -0.489 e. The Labute approximate surface area is 131 Å². The molecule has 0 aliphatic heterocycles. The summed E-state index contributed by atoms with van der Waals surface area (Å²) in [6.07, 6.45) is 2.14. The van der Waals surface area contributed by atoms with Crippen LogP contribution in [0.2, 0.25) is 0 Å². The number of halogens is 1. The Bertz CT molecular complexity index is 660. The molecule has 0 saturated heterocycles. The summed E-state index contributed by atoms with van der Waals surface area (Å²) in [7, 11) is 0. The molecule has 3 rings (SSSR count). The molecule has 1 aromatic carbocycles. The molecule has 2 aromatic rings. The van der Waals surface area contributed by atoms with Crippen LogP contribution < -0.4 is 4.74 Å². The molecule has 1 saturated carbocycles. The van der Waals surface area contributed by atoms with E-state index in [1.165, 1.54) is 11.9 Å². The van der Waals surface area contributed by atoms with Crippen molar-refractivity contribution in [2.75, 3.05) is 5.88 Å². The van der Waals surface area contributed by atoms with Crippen LogP contribution in [0.3, 0.4) is 0 Å². The summed E-state index contributed by atoms with van der Waals surface area (Å²) in [5.41, 5.74) is 2.49. The maximum atomic E-state index is 5.97. The maximum Gasteiger partial charge on any atom is 0.147 e. The first kappa shape index (κ1) is 14.7. The van der Waals surface area contributed by atoms with E-state index in [1.807, 2.05) is 19.9 Å². The number of alkyl halides is 1. The molecule has 1 heterocycles. The van der Waals surface area contributed by atoms with Gasteiger partial charge < -0.3 is 9.30 Å². The van der Waals surface area contributed by atoms with Crippen LogP contribution >= 0.6 is 11.6 Å². The molecule has 114 valence electrons. The van der Waals surface area contributed by atoms with Gasteiger partial charge in [-0.1, -0.05) is 19.9 Å². The Morgan fingerprint density at radius 2 is 2.14 bits per heavy atom. The summed E-state index contributed by atoms with van der Waals surface area (Å²) in [5, 5.41) is 0. The van der Waals surface area contributed by atoms with E-state index >= 15 is 0 Å². The van der Waals surface area contributed by atoms with E-state index in [4.69, 9.17) is 21.3 Å². The van der Waals surface area contributed by atoms with Crippen molar-refractivity contribution >= 4 is 22.6 Å². The topological polar surface area (TPSA) is 27.1 Å². The average Bonchev–Trinajstić information content (AvgIpc) is 2.86. The molecule has 1 aliphatic rings. The van der Waals surface area contributed by atoms with E-state index in [0.29, 0.717) is 17.3 Å². The molecule has 0 spiro atoms. The number of ether oxygens (including phenoxy) is 1. The lowest BCUT2D eigenvalue weighted by molar-refractivity contribution is 0.245. The Balaban J connectivity index is 2.13. The van der Waals surface area contributed by atoms with Gasteiger partial charge in [0.15, 0.2) is 0 Å². The highest BCUT2D eigenvalue weighted by molar-refractivity contribution is 6.17. The molecule has 1 aromatic heterocycles. The third kappa shape index (κ3) is 2.64. The SMILES string of the molecule is CC(C)Oc1cccc2c1nc(CCCl)n2C1CC1(C)C. The highest BCUT2D eigenvalue weighted by Crippen LogP contribution is 2.57. The zero-order chi connectivity index (χ0) is 15.2.